The first-order valence-corrected chi connectivity index (χ1v) is 10.5. The number of hydrogen-bond acceptors (Lipinski definition) is 7. The molecule has 0 unspecified atom stereocenters. The Hall–Kier alpha value is -3.89. The standard InChI is InChI=1S/C25H22N4O3/c1-16-21(30)18-9-6-10-19(23(18)31-22(16)17-7-4-3-5-8-17)24-27-20(15-26)25(32-24)29-13-11-28(2)12-14-29/h3-10H,11-14H2,1-2H3. The lowest BCUT2D eigenvalue weighted by atomic mass is 10.0. The Morgan fingerprint density at radius 3 is 2.47 bits per heavy atom. The summed E-state index contributed by atoms with van der Waals surface area (Å²) in [6.07, 6.45) is 0. The summed E-state index contributed by atoms with van der Waals surface area (Å²) in [5, 5.41) is 10.1. The number of benzene rings is 2. The van der Waals surface area contributed by atoms with E-state index in [4.69, 9.17) is 8.83 Å². The van der Waals surface area contributed by atoms with Gasteiger partial charge in [0.1, 0.15) is 11.8 Å². The van der Waals surface area contributed by atoms with Crippen molar-refractivity contribution in [2.45, 2.75) is 6.92 Å². The van der Waals surface area contributed by atoms with E-state index in [1.807, 2.05) is 35.2 Å². The minimum atomic E-state index is -0.0988. The smallest absolute Gasteiger partial charge is 0.235 e. The number of rotatable bonds is 3. The van der Waals surface area contributed by atoms with Crippen molar-refractivity contribution in [2.24, 2.45) is 0 Å². The number of aromatic nitrogens is 1. The van der Waals surface area contributed by atoms with Gasteiger partial charge in [-0.3, -0.25) is 4.79 Å². The van der Waals surface area contributed by atoms with Gasteiger partial charge in [-0.1, -0.05) is 36.4 Å². The molecule has 4 aromatic rings. The SMILES string of the molecule is Cc1c(-c2ccccc2)oc2c(-c3nc(C#N)c(N4CCN(C)CC4)o3)cccc2c1=O. The van der Waals surface area contributed by atoms with Gasteiger partial charge >= 0.3 is 0 Å². The van der Waals surface area contributed by atoms with Crippen LogP contribution >= 0.6 is 0 Å². The highest BCUT2D eigenvalue weighted by molar-refractivity contribution is 5.91. The molecule has 1 fully saturated rings. The number of piperazine rings is 1. The van der Waals surface area contributed by atoms with E-state index in [1.54, 1.807) is 25.1 Å². The number of anilines is 1. The van der Waals surface area contributed by atoms with E-state index >= 15 is 0 Å². The Morgan fingerprint density at radius 1 is 1.00 bits per heavy atom. The lowest BCUT2D eigenvalue weighted by Crippen LogP contribution is -2.44. The highest BCUT2D eigenvalue weighted by atomic mass is 16.4. The molecule has 7 heteroatoms. The fourth-order valence-corrected chi connectivity index (χ4v) is 4.07. The Labute approximate surface area is 185 Å². The molecular formula is C25H22N4O3. The van der Waals surface area contributed by atoms with Gasteiger partial charge in [0, 0.05) is 37.3 Å². The molecule has 0 aliphatic carbocycles. The molecule has 5 rings (SSSR count). The van der Waals surface area contributed by atoms with Crippen molar-refractivity contribution in [3.8, 4) is 28.8 Å². The molecule has 0 amide bonds. The van der Waals surface area contributed by atoms with Gasteiger partial charge in [-0.2, -0.15) is 10.2 Å². The van der Waals surface area contributed by atoms with Crippen molar-refractivity contribution in [1.29, 1.82) is 5.26 Å². The molecule has 32 heavy (non-hydrogen) atoms. The molecule has 0 atom stereocenters. The van der Waals surface area contributed by atoms with Crippen LogP contribution in [0.2, 0.25) is 0 Å². The number of nitrogens with zero attached hydrogens (tertiary/aromatic N) is 4. The maximum Gasteiger partial charge on any atom is 0.235 e. The van der Waals surface area contributed by atoms with Crippen LogP contribution in [-0.4, -0.2) is 43.1 Å². The van der Waals surface area contributed by atoms with Gasteiger partial charge < -0.3 is 18.6 Å². The molecule has 0 spiro atoms. The predicted octanol–water partition coefficient (Wildman–Crippen LogP) is 4.05. The topological polar surface area (TPSA) is 86.5 Å². The molecule has 7 nitrogen and oxygen atoms in total. The first kappa shape index (κ1) is 20.0. The summed E-state index contributed by atoms with van der Waals surface area (Å²) >= 11 is 0. The largest absolute Gasteiger partial charge is 0.455 e. The van der Waals surface area contributed by atoms with Gasteiger partial charge in [-0.05, 0) is 26.1 Å². The molecule has 1 aliphatic rings. The van der Waals surface area contributed by atoms with Crippen LogP contribution in [0.15, 0.2) is 62.2 Å². The second-order valence-electron chi connectivity index (χ2n) is 8.01. The summed E-state index contributed by atoms with van der Waals surface area (Å²) in [5.74, 6) is 1.25. The summed E-state index contributed by atoms with van der Waals surface area (Å²) in [4.78, 5) is 21.9. The van der Waals surface area contributed by atoms with E-state index in [9.17, 15) is 10.1 Å². The van der Waals surface area contributed by atoms with Crippen molar-refractivity contribution in [2.75, 3.05) is 38.1 Å². The molecule has 0 radical (unpaired) electrons. The van der Waals surface area contributed by atoms with Crippen molar-refractivity contribution >= 4 is 16.9 Å². The first-order valence-electron chi connectivity index (χ1n) is 10.5. The van der Waals surface area contributed by atoms with Crippen LogP contribution in [0.3, 0.4) is 0 Å². The summed E-state index contributed by atoms with van der Waals surface area (Å²) in [7, 11) is 2.07. The maximum atomic E-state index is 13.1. The van der Waals surface area contributed by atoms with Gasteiger partial charge in [0.15, 0.2) is 11.0 Å². The highest BCUT2D eigenvalue weighted by Gasteiger charge is 2.25. The second kappa shape index (κ2) is 7.98. The van der Waals surface area contributed by atoms with Crippen LogP contribution in [0.1, 0.15) is 11.3 Å². The number of oxazole rings is 1. The fourth-order valence-electron chi connectivity index (χ4n) is 4.07. The predicted molar refractivity (Wildman–Crippen MR) is 123 cm³/mol. The summed E-state index contributed by atoms with van der Waals surface area (Å²) in [5.41, 5.74) is 2.45. The monoisotopic (exact) mass is 426 g/mol. The van der Waals surface area contributed by atoms with Gasteiger partial charge in [-0.25, -0.2) is 0 Å². The van der Waals surface area contributed by atoms with E-state index in [0.717, 1.165) is 31.7 Å². The molecular weight excluding hydrogens is 404 g/mol. The first-order chi connectivity index (χ1) is 15.6. The van der Waals surface area contributed by atoms with Crippen LogP contribution in [0.25, 0.3) is 33.7 Å². The van der Waals surface area contributed by atoms with Crippen molar-refractivity contribution in [1.82, 2.24) is 9.88 Å². The molecule has 1 aliphatic heterocycles. The Balaban J connectivity index is 1.68. The zero-order valence-corrected chi connectivity index (χ0v) is 18.0. The summed E-state index contributed by atoms with van der Waals surface area (Å²) in [6, 6.07) is 17.0. The number of fused-ring (bicyclic) bond motifs is 1. The average Bonchev–Trinajstić information content (AvgIpc) is 3.26. The zero-order chi connectivity index (χ0) is 22.2. The quantitative estimate of drug-likeness (QED) is 0.488. The van der Waals surface area contributed by atoms with Gasteiger partial charge in [0.05, 0.1) is 10.9 Å². The molecule has 0 bridgehead atoms. The molecule has 0 N–H and O–H groups in total. The molecule has 1 saturated heterocycles. The minimum absolute atomic E-state index is 0.0988. The third-order valence-electron chi connectivity index (χ3n) is 5.92. The Bertz CT molecular complexity index is 1390. The van der Waals surface area contributed by atoms with Crippen LogP contribution < -0.4 is 10.3 Å². The van der Waals surface area contributed by atoms with E-state index < -0.39 is 0 Å². The normalized spacial score (nSPS) is 14.6. The summed E-state index contributed by atoms with van der Waals surface area (Å²) in [6.45, 7) is 5.03. The van der Waals surface area contributed by atoms with Gasteiger partial charge in [-0.15, -0.1) is 0 Å². The minimum Gasteiger partial charge on any atom is -0.455 e. The van der Waals surface area contributed by atoms with E-state index in [2.05, 4.69) is 23.0 Å². The third kappa shape index (κ3) is 3.35. The van der Waals surface area contributed by atoms with E-state index in [0.29, 0.717) is 33.7 Å². The van der Waals surface area contributed by atoms with Crippen LogP contribution in [0, 0.1) is 18.3 Å². The maximum absolute atomic E-state index is 13.1. The van der Waals surface area contributed by atoms with Crippen LogP contribution in [0.5, 0.6) is 0 Å². The number of para-hydroxylation sites is 1. The zero-order valence-electron chi connectivity index (χ0n) is 18.0. The van der Waals surface area contributed by atoms with Crippen molar-refractivity contribution in [3.05, 3.63) is 70.0 Å². The van der Waals surface area contributed by atoms with Crippen molar-refractivity contribution in [3.63, 3.8) is 0 Å². The molecule has 3 heterocycles. The number of nitriles is 1. The van der Waals surface area contributed by atoms with Gasteiger partial charge in [0.25, 0.3) is 0 Å². The average molecular weight is 426 g/mol. The van der Waals surface area contributed by atoms with Crippen molar-refractivity contribution < 1.29 is 8.83 Å². The lowest BCUT2D eigenvalue weighted by Gasteiger charge is -2.31. The molecule has 160 valence electrons. The highest BCUT2D eigenvalue weighted by Crippen LogP contribution is 2.34. The number of likely N-dealkylation sites (N-methyl/N-ethyl adjacent to an activating group) is 1. The van der Waals surface area contributed by atoms with Crippen LogP contribution in [0.4, 0.5) is 5.88 Å². The van der Waals surface area contributed by atoms with Crippen LogP contribution in [-0.2, 0) is 0 Å². The molecule has 2 aromatic carbocycles. The Kier molecular flexibility index (Phi) is 5.00. The van der Waals surface area contributed by atoms with E-state index in [-0.39, 0.29) is 17.0 Å². The number of hydrogen-bond donors (Lipinski definition) is 0. The van der Waals surface area contributed by atoms with Gasteiger partial charge in [0.2, 0.25) is 17.5 Å². The molecule has 2 aromatic heterocycles. The second-order valence-corrected chi connectivity index (χ2v) is 8.01. The Morgan fingerprint density at radius 2 is 1.75 bits per heavy atom. The molecule has 0 saturated carbocycles. The lowest BCUT2D eigenvalue weighted by molar-refractivity contribution is 0.306. The fraction of sp³-hybridized carbons (Fsp3) is 0.240. The third-order valence-corrected chi connectivity index (χ3v) is 5.92. The van der Waals surface area contributed by atoms with E-state index in [1.165, 1.54) is 0 Å². The summed E-state index contributed by atoms with van der Waals surface area (Å²) < 4.78 is 12.4.